The molecular weight excluding hydrogens is 494 g/mol. The van der Waals surface area contributed by atoms with E-state index < -0.39 is 33.9 Å². The van der Waals surface area contributed by atoms with Crippen LogP contribution in [0.3, 0.4) is 0 Å². The van der Waals surface area contributed by atoms with Gasteiger partial charge in [0.25, 0.3) is 5.91 Å². The molecule has 0 saturated carbocycles. The third kappa shape index (κ3) is 5.35. The van der Waals surface area contributed by atoms with Gasteiger partial charge in [-0.05, 0) is 60.4 Å². The number of nitrogens with two attached hydrogens (primary N) is 1. The molecule has 4 rings (SSSR count). The van der Waals surface area contributed by atoms with Crippen molar-refractivity contribution in [1.82, 2.24) is 4.72 Å². The average molecular weight is 522 g/mol. The van der Waals surface area contributed by atoms with Gasteiger partial charge in [-0.15, -0.1) is 0 Å². The fourth-order valence-electron chi connectivity index (χ4n) is 4.02. The number of aryl methyl sites for hydroxylation is 1. The average Bonchev–Trinajstić information content (AvgIpc) is 3.20. The SMILES string of the molecule is Cc1c(C(=O)Nc2ccc(-c3ccc(S(=O)(=O)NC(C(=O)O)C(C)C)cc3)cc2)oc2cccc(N)c12. The van der Waals surface area contributed by atoms with Gasteiger partial charge in [0.2, 0.25) is 10.0 Å². The molecule has 1 aromatic heterocycles. The number of hydrogen-bond donors (Lipinski definition) is 4. The number of sulfonamides is 1. The molecule has 0 bridgehead atoms. The summed E-state index contributed by atoms with van der Waals surface area (Å²) in [5.41, 5.74) is 9.87. The van der Waals surface area contributed by atoms with E-state index in [9.17, 15) is 23.1 Å². The van der Waals surface area contributed by atoms with Gasteiger partial charge in [-0.3, -0.25) is 9.59 Å². The first-order valence-corrected chi connectivity index (χ1v) is 13.0. The lowest BCUT2D eigenvalue weighted by Gasteiger charge is -2.18. The molecule has 192 valence electrons. The van der Waals surface area contributed by atoms with Gasteiger partial charge in [0.05, 0.1) is 4.90 Å². The number of aliphatic carboxylic acids is 1. The third-order valence-electron chi connectivity index (χ3n) is 6.05. The number of anilines is 2. The van der Waals surface area contributed by atoms with Gasteiger partial charge in [0.15, 0.2) is 5.76 Å². The van der Waals surface area contributed by atoms with Crippen LogP contribution in [0.15, 0.2) is 76.0 Å². The number of carbonyl (C=O) groups excluding carboxylic acids is 1. The standard InChI is InChI=1S/C27H27N3O6S/c1-15(2)24(27(32)33)30-37(34,35)20-13-9-18(10-14-20)17-7-11-19(12-8-17)29-26(31)25-16(3)23-21(28)5-4-6-22(23)36-25/h4-15,24,30H,28H2,1-3H3,(H,29,31)(H,32,33). The van der Waals surface area contributed by atoms with Crippen molar-refractivity contribution in [3.05, 3.63) is 78.1 Å². The Morgan fingerprint density at radius 2 is 1.54 bits per heavy atom. The Morgan fingerprint density at radius 3 is 2.08 bits per heavy atom. The second kappa shape index (κ2) is 10.1. The normalized spacial score (nSPS) is 12.5. The Kier molecular flexibility index (Phi) is 7.06. The minimum atomic E-state index is -4.01. The number of amides is 1. The second-order valence-corrected chi connectivity index (χ2v) is 10.7. The van der Waals surface area contributed by atoms with Crippen molar-refractivity contribution in [2.24, 2.45) is 5.92 Å². The first-order chi connectivity index (χ1) is 17.5. The summed E-state index contributed by atoms with van der Waals surface area (Å²) >= 11 is 0. The number of benzene rings is 3. The Morgan fingerprint density at radius 1 is 0.946 bits per heavy atom. The predicted molar refractivity (Wildman–Crippen MR) is 142 cm³/mol. The minimum absolute atomic E-state index is 0.0334. The number of carboxylic acids is 1. The van der Waals surface area contributed by atoms with Crippen LogP contribution in [-0.4, -0.2) is 31.4 Å². The summed E-state index contributed by atoms with van der Waals surface area (Å²) in [6.07, 6.45) is 0. The van der Waals surface area contributed by atoms with E-state index in [0.29, 0.717) is 27.9 Å². The Balaban J connectivity index is 1.48. The number of rotatable bonds is 8. The van der Waals surface area contributed by atoms with Gasteiger partial charge in [0.1, 0.15) is 11.6 Å². The van der Waals surface area contributed by atoms with E-state index in [2.05, 4.69) is 10.0 Å². The maximum absolute atomic E-state index is 12.8. The van der Waals surface area contributed by atoms with Crippen molar-refractivity contribution in [3.63, 3.8) is 0 Å². The van der Waals surface area contributed by atoms with E-state index in [1.165, 1.54) is 12.1 Å². The summed E-state index contributed by atoms with van der Waals surface area (Å²) in [6.45, 7) is 5.04. The highest BCUT2D eigenvalue weighted by Crippen LogP contribution is 2.30. The van der Waals surface area contributed by atoms with E-state index in [-0.39, 0.29) is 10.7 Å². The van der Waals surface area contributed by atoms with Crippen molar-refractivity contribution in [2.45, 2.75) is 31.7 Å². The molecule has 0 radical (unpaired) electrons. The summed E-state index contributed by atoms with van der Waals surface area (Å²) in [7, 11) is -4.01. The molecule has 0 spiro atoms. The summed E-state index contributed by atoms with van der Waals surface area (Å²) in [6, 6.07) is 17.2. The molecule has 10 heteroatoms. The Labute approximate surface area is 214 Å². The number of nitrogens with one attached hydrogen (secondary N) is 2. The van der Waals surface area contributed by atoms with Crippen LogP contribution < -0.4 is 15.8 Å². The molecule has 0 aliphatic heterocycles. The van der Waals surface area contributed by atoms with Gasteiger partial charge in [-0.1, -0.05) is 44.2 Å². The quantitative estimate of drug-likeness (QED) is 0.247. The van der Waals surface area contributed by atoms with Crippen molar-refractivity contribution in [3.8, 4) is 11.1 Å². The first kappa shape index (κ1) is 25.9. The summed E-state index contributed by atoms with van der Waals surface area (Å²) in [4.78, 5) is 24.2. The van der Waals surface area contributed by atoms with Gasteiger partial charge in [-0.2, -0.15) is 4.72 Å². The molecule has 5 N–H and O–H groups in total. The largest absolute Gasteiger partial charge is 0.480 e. The summed E-state index contributed by atoms with van der Waals surface area (Å²) in [5, 5.41) is 12.8. The maximum atomic E-state index is 12.8. The summed E-state index contributed by atoms with van der Waals surface area (Å²) < 4.78 is 33.2. The van der Waals surface area contributed by atoms with Crippen molar-refractivity contribution in [1.29, 1.82) is 0 Å². The fourth-order valence-corrected chi connectivity index (χ4v) is 5.36. The van der Waals surface area contributed by atoms with E-state index >= 15 is 0 Å². The van der Waals surface area contributed by atoms with Crippen LogP contribution in [0, 0.1) is 12.8 Å². The number of hydrogen-bond acceptors (Lipinski definition) is 6. The van der Waals surface area contributed by atoms with Crippen LogP contribution >= 0.6 is 0 Å². The van der Waals surface area contributed by atoms with Gasteiger partial charge >= 0.3 is 5.97 Å². The molecule has 37 heavy (non-hydrogen) atoms. The first-order valence-electron chi connectivity index (χ1n) is 11.5. The van der Waals surface area contributed by atoms with Crippen molar-refractivity contribution in [2.75, 3.05) is 11.1 Å². The van der Waals surface area contributed by atoms with E-state index in [1.807, 2.05) is 0 Å². The molecular formula is C27H27N3O6S. The van der Waals surface area contributed by atoms with Crippen molar-refractivity contribution >= 4 is 44.2 Å². The van der Waals surface area contributed by atoms with E-state index in [4.69, 9.17) is 10.2 Å². The zero-order chi connectivity index (χ0) is 26.9. The van der Waals surface area contributed by atoms with Gasteiger partial charge in [0, 0.05) is 22.3 Å². The van der Waals surface area contributed by atoms with Crippen LogP contribution in [0.25, 0.3) is 22.1 Å². The van der Waals surface area contributed by atoms with E-state index in [0.717, 1.165) is 11.1 Å². The number of fused-ring (bicyclic) bond motifs is 1. The van der Waals surface area contributed by atoms with E-state index in [1.54, 1.807) is 75.4 Å². The van der Waals surface area contributed by atoms with Crippen LogP contribution in [0.5, 0.6) is 0 Å². The molecule has 0 fully saturated rings. The number of furan rings is 1. The predicted octanol–water partition coefficient (Wildman–Crippen LogP) is 4.63. The third-order valence-corrected chi connectivity index (χ3v) is 7.50. The maximum Gasteiger partial charge on any atom is 0.322 e. The molecule has 9 nitrogen and oxygen atoms in total. The topological polar surface area (TPSA) is 152 Å². The number of carboxylic acid groups (broad SMARTS) is 1. The molecule has 3 aromatic carbocycles. The zero-order valence-corrected chi connectivity index (χ0v) is 21.3. The lowest BCUT2D eigenvalue weighted by molar-refractivity contribution is -0.140. The van der Waals surface area contributed by atoms with Crippen LogP contribution in [0.4, 0.5) is 11.4 Å². The summed E-state index contributed by atoms with van der Waals surface area (Å²) in [5.74, 6) is -1.87. The molecule has 1 atom stereocenters. The van der Waals surface area contributed by atoms with Gasteiger partial charge in [-0.25, -0.2) is 8.42 Å². The van der Waals surface area contributed by atoms with Gasteiger partial charge < -0.3 is 20.6 Å². The molecule has 4 aromatic rings. The second-order valence-electron chi connectivity index (χ2n) is 9.01. The molecule has 1 amide bonds. The number of nitrogen functional groups attached to an aromatic ring is 1. The lowest BCUT2D eigenvalue weighted by Crippen LogP contribution is -2.44. The highest BCUT2D eigenvalue weighted by molar-refractivity contribution is 7.89. The molecule has 0 aliphatic carbocycles. The lowest BCUT2D eigenvalue weighted by atomic mass is 10.1. The zero-order valence-electron chi connectivity index (χ0n) is 20.5. The highest BCUT2D eigenvalue weighted by Gasteiger charge is 2.28. The van der Waals surface area contributed by atoms with Crippen LogP contribution in [0.1, 0.15) is 30.0 Å². The number of carbonyl (C=O) groups is 2. The smallest absolute Gasteiger partial charge is 0.322 e. The molecule has 0 aliphatic rings. The van der Waals surface area contributed by atoms with Crippen LogP contribution in [-0.2, 0) is 14.8 Å². The monoisotopic (exact) mass is 521 g/mol. The fraction of sp³-hybridized carbons (Fsp3) is 0.185. The van der Waals surface area contributed by atoms with Crippen LogP contribution in [0.2, 0.25) is 0 Å². The molecule has 1 heterocycles. The minimum Gasteiger partial charge on any atom is -0.480 e. The highest BCUT2D eigenvalue weighted by atomic mass is 32.2. The Hall–Kier alpha value is -4.15. The van der Waals surface area contributed by atoms with Crippen molar-refractivity contribution < 1.29 is 27.5 Å². The molecule has 1 unspecified atom stereocenters. The Bertz CT molecular complexity index is 1570. The molecule has 0 saturated heterocycles.